The number of aryl methyl sites for hydroxylation is 1. The van der Waals surface area contributed by atoms with Gasteiger partial charge in [-0.2, -0.15) is 0 Å². The van der Waals surface area contributed by atoms with Crippen molar-refractivity contribution in [2.24, 2.45) is 0 Å². The SMILES string of the molecule is Cc1ccc(Cl)cc1Nc1nc2ccc(C(=O)c3ccccc3)cc2n2cnnc12. The molecule has 30 heavy (non-hydrogen) atoms. The van der Waals surface area contributed by atoms with E-state index in [4.69, 9.17) is 16.6 Å². The molecule has 2 aromatic heterocycles. The molecular weight excluding hydrogens is 398 g/mol. The lowest BCUT2D eigenvalue weighted by Gasteiger charge is -2.12. The van der Waals surface area contributed by atoms with E-state index in [1.807, 2.05) is 59.9 Å². The summed E-state index contributed by atoms with van der Waals surface area (Å²) in [6.45, 7) is 1.99. The quantitative estimate of drug-likeness (QED) is 0.409. The predicted octanol–water partition coefficient (Wildman–Crippen LogP) is 5.21. The van der Waals surface area contributed by atoms with E-state index < -0.39 is 0 Å². The number of halogens is 1. The molecule has 0 radical (unpaired) electrons. The third-order valence-corrected chi connectivity index (χ3v) is 5.21. The van der Waals surface area contributed by atoms with Crippen molar-refractivity contribution >= 4 is 45.6 Å². The van der Waals surface area contributed by atoms with Crippen LogP contribution in [0.1, 0.15) is 21.5 Å². The summed E-state index contributed by atoms with van der Waals surface area (Å²) in [6, 6.07) is 20.3. The van der Waals surface area contributed by atoms with Crippen LogP contribution in [0.25, 0.3) is 16.7 Å². The molecular formula is C23H16ClN5O. The van der Waals surface area contributed by atoms with Crippen LogP contribution in [0.15, 0.2) is 73.1 Å². The molecule has 3 aromatic carbocycles. The second-order valence-corrected chi connectivity index (χ2v) is 7.40. The molecule has 0 saturated carbocycles. The molecule has 5 rings (SSSR count). The fraction of sp³-hybridized carbons (Fsp3) is 0.0435. The minimum Gasteiger partial charge on any atom is -0.337 e. The van der Waals surface area contributed by atoms with Crippen LogP contribution in [-0.2, 0) is 0 Å². The second-order valence-electron chi connectivity index (χ2n) is 6.97. The first kappa shape index (κ1) is 18.3. The highest BCUT2D eigenvalue weighted by atomic mass is 35.5. The van der Waals surface area contributed by atoms with Gasteiger partial charge in [0.2, 0.25) is 5.65 Å². The predicted molar refractivity (Wildman–Crippen MR) is 118 cm³/mol. The molecule has 0 fully saturated rings. The van der Waals surface area contributed by atoms with Crippen LogP contribution in [0.4, 0.5) is 11.5 Å². The van der Waals surface area contributed by atoms with E-state index in [-0.39, 0.29) is 5.78 Å². The fourth-order valence-corrected chi connectivity index (χ4v) is 3.56. The molecule has 0 amide bonds. The molecule has 6 nitrogen and oxygen atoms in total. The van der Waals surface area contributed by atoms with Gasteiger partial charge in [-0.05, 0) is 42.8 Å². The van der Waals surface area contributed by atoms with E-state index in [0.29, 0.717) is 33.1 Å². The number of carbonyl (C=O) groups excluding carboxylic acids is 1. The first-order valence-corrected chi connectivity index (χ1v) is 9.74. The van der Waals surface area contributed by atoms with Crippen molar-refractivity contribution in [1.29, 1.82) is 0 Å². The van der Waals surface area contributed by atoms with E-state index in [9.17, 15) is 4.79 Å². The lowest BCUT2D eigenvalue weighted by molar-refractivity contribution is 0.103. The molecule has 0 bridgehead atoms. The molecule has 0 aliphatic rings. The molecule has 0 saturated heterocycles. The first-order valence-electron chi connectivity index (χ1n) is 9.36. The van der Waals surface area contributed by atoms with Gasteiger partial charge in [-0.25, -0.2) is 4.98 Å². The Labute approximate surface area is 177 Å². The van der Waals surface area contributed by atoms with Crippen LogP contribution in [0, 0.1) is 6.92 Å². The number of benzene rings is 3. The average Bonchev–Trinajstić information content (AvgIpc) is 3.27. The number of anilines is 2. The Morgan fingerprint density at radius 1 is 1.00 bits per heavy atom. The van der Waals surface area contributed by atoms with Gasteiger partial charge in [0.25, 0.3) is 0 Å². The van der Waals surface area contributed by atoms with E-state index >= 15 is 0 Å². The lowest BCUT2D eigenvalue weighted by Crippen LogP contribution is -2.04. The van der Waals surface area contributed by atoms with E-state index in [1.54, 1.807) is 24.5 Å². The topological polar surface area (TPSA) is 72.2 Å². The van der Waals surface area contributed by atoms with Crippen LogP contribution in [0.5, 0.6) is 0 Å². The maximum atomic E-state index is 12.9. The molecule has 2 heterocycles. The smallest absolute Gasteiger partial charge is 0.204 e. The highest BCUT2D eigenvalue weighted by molar-refractivity contribution is 6.30. The summed E-state index contributed by atoms with van der Waals surface area (Å²) in [5, 5.41) is 12.2. The number of aromatic nitrogens is 4. The van der Waals surface area contributed by atoms with Gasteiger partial charge in [-0.3, -0.25) is 9.20 Å². The Morgan fingerprint density at radius 3 is 2.67 bits per heavy atom. The normalized spacial score (nSPS) is 11.1. The molecule has 0 aliphatic heterocycles. The largest absolute Gasteiger partial charge is 0.337 e. The number of hydrogen-bond acceptors (Lipinski definition) is 5. The number of ketones is 1. The molecule has 7 heteroatoms. The Kier molecular flexibility index (Phi) is 4.41. The molecule has 0 aliphatic carbocycles. The van der Waals surface area contributed by atoms with Gasteiger partial charge in [-0.1, -0.05) is 48.0 Å². The standard InChI is InChI=1S/C23H16ClN5O/c1-14-7-9-17(24)12-19(14)27-22-23-28-25-13-29(23)20-11-16(8-10-18(20)26-22)21(30)15-5-3-2-4-6-15/h2-13H,1H3,(H,26,27). The van der Waals surface area contributed by atoms with Crippen molar-refractivity contribution in [3.63, 3.8) is 0 Å². The van der Waals surface area contributed by atoms with E-state index in [1.165, 1.54) is 0 Å². The van der Waals surface area contributed by atoms with Crippen molar-refractivity contribution in [3.05, 3.63) is 94.8 Å². The van der Waals surface area contributed by atoms with Crippen molar-refractivity contribution in [2.75, 3.05) is 5.32 Å². The van der Waals surface area contributed by atoms with Crippen LogP contribution >= 0.6 is 11.6 Å². The average molecular weight is 414 g/mol. The van der Waals surface area contributed by atoms with Gasteiger partial charge in [0.1, 0.15) is 6.33 Å². The highest BCUT2D eigenvalue weighted by Gasteiger charge is 2.15. The Hall–Kier alpha value is -3.77. The minimum atomic E-state index is -0.0459. The maximum Gasteiger partial charge on any atom is 0.204 e. The highest BCUT2D eigenvalue weighted by Crippen LogP contribution is 2.27. The minimum absolute atomic E-state index is 0.0459. The third kappa shape index (κ3) is 3.17. The number of nitrogens with zero attached hydrogens (tertiary/aromatic N) is 4. The van der Waals surface area contributed by atoms with Crippen molar-refractivity contribution in [3.8, 4) is 0 Å². The van der Waals surface area contributed by atoms with Gasteiger partial charge in [-0.15, -0.1) is 10.2 Å². The third-order valence-electron chi connectivity index (χ3n) is 4.98. The molecule has 5 aromatic rings. The monoisotopic (exact) mass is 413 g/mol. The Bertz CT molecular complexity index is 1410. The molecule has 0 unspecified atom stereocenters. The summed E-state index contributed by atoms with van der Waals surface area (Å²) >= 11 is 6.15. The van der Waals surface area contributed by atoms with Gasteiger partial charge in [0.15, 0.2) is 11.6 Å². The van der Waals surface area contributed by atoms with Crippen LogP contribution in [0.3, 0.4) is 0 Å². The van der Waals surface area contributed by atoms with E-state index in [0.717, 1.165) is 16.8 Å². The summed E-state index contributed by atoms with van der Waals surface area (Å²) in [4.78, 5) is 17.6. The zero-order chi connectivity index (χ0) is 20.7. The van der Waals surface area contributed by atoms with Crippen LogP contribution in [0.2, 0.25) is 5.02 Å². The number of fused-ring (bicyclic) bond motifs is 3. The maximum absolute atomic E-state index is 12.9. The van der Waals surface area contributed by atoms with Crippen LogP contribution in [-0.4, -0.2) is 25.4 Å². The molecule has 146 valence electrons. The van der Waals surface area contributed by atoms with Crippen molar-refractivity contribution in [1.82, 2.24) is 19.6 Å². The first-order chi connectivity index (χ1) is 14.6. The zero-order valence-electron chi connectivity index (χ0n) is 16.0. The van der Waals surface area contributed by atoms with Crippen molar-refractivity contribution in [2.45, 2.75) is 6.92 Å². The van der Waals surface area contributed by atoms with Crippen molar-refractivity contribution < 1.29 is 4.79 Å². The second kappa shape index (κ2) is 7.24. The Balaban J connectivity index is 1.63. The van der Waals surface area contributed by atoms with Gasteiger partial charge >= 0.3 is 0 Å². The van der Waals surface area contributed by atoms with Gasteiger partial charge in [0, 0.05) is 21.8 Å². The summed E-state index contributed by atoms with van der Waals surface area (Å²) in [5.74, 6) is 0.517. The molecule has 1 N–H and O–H groups in total. The van der Waals surface area contributed by atoms with Gasteiger partial charge < -0.3 is 5.32 Å². The number of carbonyl (C=O) groups is 1. The molecule has 0 atom stereocenters. The zero-order valence-corrected chi connectivity index (χ0v) is 16.8. The summed E-state index contributed by atoms with van der Waals surface area (Å²) in [5.41, 5.74) is 5.12. The van der Waals surface area contributed by atoms with Crippen LogP contribution < -0.4 is 5.32 Å². The van der Waals surface area contributed by atoms with Gasteiger partial charge in [0.05, 0.1) is 11.0 Å². The Morgan fingerprint density at radius 2 is 1.83 bits per heavy atom. The summed E-state index contributed by atoms with van der Waals surface area (Å²) in [7, 11) is 0. The fourth-order valence-electron chi connectivity index (χ4n) is 3.39. The summed E-state index contributed by atoms with van der Waals surface area (Å²) < 4.78 is 1.83. The summed E-state index contributed by atoms with van der Waals surface area (Å²) in [6.07, 6.45) is 1.62. The molecule has 0 spiro atoms. The number of hydrogen-bond donors (Lipinski definition) is 1. The number of rotatable bonds is 4. The lowest BCUT2D eigenvalue weighted by atomic mass is 10.0. The van der Waals surface area contributed by atoms with E-state index in [2.05, 4.69) is 15.5 Å². The number of nitrogens with one attached hydrogen (secondary N) is 1.